The molecule has 0 radical (unpaired) electrons. The Balaban J connectivity index is 2.12. The van der Waals surface area contributed by atoms with Gasteiger partial charge in [-0.25, -0.2) is 4.68 Å². The number of hydrogen-bond donors (Lipinski definition) is 2. The minimum absolute atomic E-state index is 0.0476. The number of aromatic nitrogens is 4. The van der Waals surface area contributed by atoms with Crippen LogP contribution in [0, 0.1) is 17.0 Å². The molecule has 8 nitrogen and oxygen atoms in total. The summed E-state index contributed by atoms with van der Waals surface area (Å²) in [5.74, 6) is 0.463. The fourth-order valence-corrected chi connectivity index (χ4v) is 1.93. The van der Waals surface area contributed by atoms with Crippen LogP contribution in [0.15, 0.2) is 12.3 Å². The molecule has 0 bridgehead atoms. The first-order valence-corrected chi connectivity index (χ1v) is 6.07. The smallest absolute Gasteiger partial charge is 0.333 e. The molecule has 2 rings (SSSR count). The average Bonchev–Trinajstić information content (AvgIpc) is 2.97. The Morgan fingerprint density at radius 2 is 2.37 bits per heavy atom. The molecule has 2 aromatic heterocycles. The lowest BCUT2D eigenvalue weighted by Gasteiger charge is -2.06. The van der Waals surface area contributed by atoms with Crippen molar-refractivity contribution in [2.24, 2.45) is 0 Å². The number of H-pyrrole nitrogens is 1. The van der Waals surface area contributed by atoms with Gasteiger partial charge < -0.3 is 5.32 Å². The maximum absolute atomic E-state index is 11.1. The maximum Gasteiger partial charge on any atom is 0.333 e. The zero-order valence-electron chi connectivity index (χ0n) is 10.9. The highest BCUT2D eigenvalue weighted by Gasteiger charge is 2.24. The molecule has 0 amide bonds. The quantitative estimate of drug-likeness (QED) is 0.608. The molecule has 102 valence electrons. The van der Waals surface area contributed by atoms with Gasteiger partial charge in [-0.05, 0) is 19.9 Å². The van der Waals surface area contributed by atoms with Gasteiger partial charge >= 0.3 is 5.69 Å². The van der Waals surface area contributed by atoms with Crippen LogP contribution in [-0.4, -0.2) is 31.4 Å². The van der Waals surface area contributed by atoms with Crippen molar-refractivity contribution in [3.8, 4) is 0 Å². The molecular weight excluding hydrogens is 248 g/mol. The van der Waals surface area contributed by atoms with E-state index in [1.54, 1.807) is 17.8 Å². The first-order chi connectivity index (χ1) is 9.13. The van der Waals surface area contributed by atoms with E-state index >= 15 is 0 Å². The molecule has 2 aromatic rings. The van der Waals surface area contributed by atoms with Crippen molar-refractivity contribution in [3.05, 3.63) is 33.8 Å². The Hall–Kier alpha value is -2.38. The van der Waals surface area contributed by atoms with Crippen molar-refractivity contribution in [2.45, 2.75) is 26.8 Å². The Labute approximate surface area is 110 Å². The highest BCUT2D eigenvalue weighted by atomic mass is 16.6. The van der Waals surface area contributed by atoms with Gasteiger partial charge in [-0.2, -0.15) is 10.2 Å². The zero-order valence-corrected chi connectivity index (χ0v) is 10.9. The van der Waals surface area contributed by atoms with Gasteiger partial charge in [0.15, 0.2) is 0 Å². The van der Waals surface area contributed by atoms with Crippen LogP contribution in [0.5, 0.6) is 0 Å². The second kappa shape index (κ2) is 5.51. The van der Waals surface area contributed by atoms with E-state index in [4.69, 9.17) is 0 Å². The number of nitrogens with one attached hydrogen (secondary N) is 2. The van der Waals surface area contributed by atoms with E-state index in [9.17, 15) is 10.1 Å². The summed E-state index contributed by atoms with van der Waals surface area (Å²) in [6, 6.07) is 1.87. The van der Waals surface area contributed by atoms with Gasteiger partial charge in [0.25, 0.3) is 0 Å². The highest BCUT2D eigenvalue weighted by molar-refractivity contribution is 5.59. The van der Waals surface area contributed by atoms with Crippen molar-refractivity contribution in [3.63, 3.8) is 0 Å². The second-order valence-electron chi connectivity index (χ2n) is 4.11. The Kier molecular flexibility index (Phi) is 3.79. The lowest BCUT2D eigenvalue weighted by Crippen LogP contribution is -2.11. The Bertz CT molecular complexity index is 560. The fraction of sp³-hybridized carbons (Fsp3) is 0.455. The van der Waals surface area contributed by atoms with Crippen LogP contribution in [0.2, 0.25) is 0 Å². The topological polar surface area (TPSA) is 102 Å². The zero-order chi connectivity index (χ0) is 13.8. The van der Waals surface area contributed by atoms with Gasteiger partial charge in [0.1, 0.15) is 5.69 Å². The normalized spacial score (nSPS) is 10.6. The number of aromatic amines is 1. The summed E-state index contributed by atoms with van der Waals surface area (Å²) >= 11 is 0. The summed E-state index contributed by atoms with van der Waals surface area (Å²) < 4.78 is 1.61. The molecule has 0 aromatic carbocycles. The second-order valence-corrected chi connectivity index (χ2v) is 4.11. The Morgan fingerprint density at radius 1 is 1.58 bits per heavy atom. The molecule has 0 saturated carbocycles. The number of rotatable bonds is 6. The predicted octanol–water partition coefficient (Wildman–Crippen LogP) is 1.50. The molecule has 0 aliphatic heterocycles. The van der Waals surface area contributed by atoms with E-state index < -0.39 is 4.92 Å². The standard InChI is InChI=1S/C11H16N6O2/c1-3-16-11(10(17(18)19)8(2)15-16)12-6-4-9-5-7-13-14-9/h5,7,12H,3-4,6H2,1-2H3,(H,13,14). The number of anilines is 1. The average molecular weight is 264 g/mol. The summed E-state index contributed by atoms with van der Waals surface area (Å²) in [4.78, 5) is 10.7. The highest BCUT2D eigenvalue weighted by Crippen LogP contribution is 2.27. The molecule has 19 heavy (non-hydrogen) atoms. The first kappa shape index (κ1) is 13.1. The van der Waals surface area contributed by atoms with Gasteiger partial charge in [0.05, 0.1) is 4.92 Å². The SMILES string of the molecule is CCn1nc(C)c([N+](=O)[O-])c1NCCc1ccn[nH]1. The van der Waals surface area contributed by atoms with Gasteiger partial charge in [0, 0.05) is 31.4 Å². The monoisotopic (exact) mass is 264 g/mol. The minimum atomic E-state index is -0.396. The van der Waals surface area contributed by atoms with Crippen LogP contribution >= 0.6 is 0 Å². The number of aryl methyl sites for hydroxylation is 2. The van der Waals surface area contributed by atoms with Gasteiger partial charge in [-0.15, -0.1) is 0 Å². The van der Waals surface area contributed by atoms with E-state index in [-0.39, 0.29) is 5.69 Å². The van der Waals surface area contributed by atoms with Gasteiger partial charge in [-0.1, -0.05) is 0 Å². The Morgan fingerprint density at radius 3 is 2.95 bits per heavy atom. The van der Waals surface area contributed by atoms with E-state index in [0.29, 0.717) is 31.0 Å². The minimum Gasteiger partial charge on any atom is -0.364 e. The third kappa shape index (κ3) is 2.72. The van der Waals surface area contributed by atoms with E-state index in [2.05, 4.69) is 20.6 Å². The number of nitrogens with zero attached hydrogens (tertiary/aromatic N) is 4. The van der Waals surface area contributed by atoms with E-state index in [1.807, 2.05) is 13.0 Å². The molecule has 8 heteroatoms. The molecule has 0 fully saturated rings. The number of hydrogen-bond acceptors (Lipinski definition) is 5. The third-order valence-corrected chi connectivity index (χ3v) is 2.82. The molecular formula is C11H16N6O2. The lowest BCUT2D eigenvalue weighted by atomic mass is 10.3. The molecule has 2 heterocycles. The molecule has 0 aliphatic rings. The van der Waals surface area contributed by atoms with E-state index in [1.165, 1.54) is 0 Å². The van der Waals surface area contributed by atoms with Crippen molar-refractivity contribution >= 4 is 11.5 Å². The van der Waals surface area contributed by atoms with Crippen LogP contribution in [0.3, 0.4) is 0 Å². The van der Waals surface area contributed by atoms with Crippen LogP contribution in [0.4, 0.5) is 11.5 Å². The fourth-order valence-electron chi connectivity index (χ4n) is 1.93. The summed E-state index contributed by atoms with van der Waals surface area (Å²) in [5, 5.41) is 25.0. The van der Waals surface area contributed by atoms with Crippen LogP contribution in [0.1, 0.15) is 18.3 Å². The van der Waals surface area contributed by atoms with E-state index in [0.717, 1.165) is 5.69 Å². The summed E-state index contributed by atoms with van der Waals surface area (Å²) in [6.45, 7) is 4.70. The third-order valence-electron chi connectivity index (χ3n) is 2.82. The van der Waals surface area contributed by atoms with Crippen molar-refractivity contribution in [1.82, 2.24) is 20.0 Å². The molecule has 0 atom stereocenters. The van der Waals surface area contributed by atoms with Crippen LogP contribution < -0.4 is 5.32 Å². The molecule has 0 saturated heterocycles. The summed E-state index contributed by atoms with van der Waals surface area (Å²) in [7, 11) is 0. The van der Waals surface area contributed by atoms with Crippen molar-refractivity contribution in [1.29, 1.82) is 0 Å². The van der Waals surface area contributed by atoms with Crippen molar-refractivity contribution < 1.29 is 4.92 Å². The lowest BCUT2D eigenvalue weighted by molar-refractivity contribution is -0.384. The van der Waals surface area contributed by atoms with Crippen LogP contribution in [0.25, 0.3) is 0 Å². The van der Waals surface area contributed by atoms with Crippen LogP contribution in [-0.2, 0) is 13.0 Å². The largest absolute Gasteiger partial charge is 0.364 e. The van der Waals surface area contributed by atoms with Gasteiger partial charge in [-0.3, -0.25) is 15.2 Å². The first-order valence-electron chi connectivity index (χ1n) is 6.07. The molecule has 0 unspecified atom stereocenters. The summed E-state index contributed by atoms with van der Waals surface area (Å²) in [6.07, 6.45) is 2.39. The molecule has 0 spiro atoms. The molecule has 0 aliphatic carbocycles. The number of nitro groups is 1. The van der Waals surface area contributed by atoms with Crippen molar-refractivity contribution in [2.75, 3.05) is 11.9 Å². The molecule has 2 N–H and O–H groups in total. The van der Waals surface area contributed by atoms with Gasteiger partial charge in [0.2, 0.25) is 5.82 Å². The predicted molar refractivity (Wildman–Crippen MR) is 70.1 cm³/mol. The summed E-state index contributed by atoms with van der Waals surface area (Å²) in [5.41, 5.74) is 1.46. The maximum atomic E-state index is 11.1.